The smallest absolute Gasteiger partial charge is 0.173 e. The van der Waals surface area contributed by atoms with E-state index in [0.29, 0.717) is 0 Å². The molecule has 0 atom stereocenters. The molecule has 0 unspecified atom stereocenters. The molecule has 1 aliphatic heterocycles. The fourth-order valence-corrected chi connectivity index (χ4v) is 11.1. The van der Waals surface area contributed by atoms with Gasteiger partial charge in [-0.05, 0) is 45.2 Å². The van der Waals surface area contributed by atoms with Crippen molar-refractivity contribution in [2.75, 3.05) is 26.7 Å². The fraction of sp³-hybridized carbons (Fsp3) is 1.00. The molecule has 0 saturated carbocycles. The number of likely N-dealkylation sites (tertiary alicyclic amines) is 1. The highest BCUT2D eigenvalue weighted by Gasteiger charge is 2.31. The summed E-state index contributed by atoms with van der Waals surface area (Å²) in [4.78, 5) is 0. The van der Waals surface area contributed by atoms with Crippen LogP contribution in [0.1, 0.15) is 19.3 Å². The first kappa shape index (κ1) is 19.1. The van der Waals surface area contributed by atoms with Gasteiger partial charge in [0.2, 0.25) is 0 Å². The van der Waals surface area contributed by atoms with Gasteiger partial charge in [-0.1, -0.05) is 0 Å². The van der Waals surface area contributed by atoms with Gasteiger partial charge in [0.05, 0.1) is 26.7 Å². The van der Waals surface area contributed by atoms with Crippen LogP contribution in [0.3, 0.4) is 0 Å². The highest BCUT2D eigenvalue weighted by molar-refractivity contribution is 6.84. The van der Waals surface area contributed by atoms with Gasteiger partial charge in [-0.25, -0.2) is 0 Å². The number of rotatable bonds is 6. The summed E-state index contributed by atoms with van der Waals surface area (Å²) in [5.74, 6) is 0. The fourth-order valence-electron chi connectivity index (χ4n) is 3.09. The summed E-state index contributed by atoms with van der Waals surface area (Å²) in [5.41, 5.74) is 0. The van der Waals surface area contributed by atoms with Crippen molar-refractivity contribution < 1.29 is 32.6 Å². The molecule has 2 nitrogen and oxygen atoms in total. The van der Waals surface area contributed by atoms with E-state index < -0.39 is 16.6 Å². The highest BCUT2D eigenvalue weighted by atomic mass is 127. The zero-order chi connectivity index (χ0) is 13.2. The quantitative estimate of drug-likeness (QED) is 0.361. The maximum atomic E-state index is 6.39. The lowest BCUT2D eigenvalue weighted by Crippen LogP contribution is -3.00. The van der Waals surface area contributed by atoms with Gasteiger partial charge in [0.1, 0.15) is 0 Å². The zero-order valence-electron chi connectivity index (χ0n) is 13.2. The van der Waals surface area contributed by atoms with Gasteiger partial charge in [0.25, 0.3) is 0 Å². The predicted octanol–water partition coefficient (Wildman–Crippen LogP) is 0.678. The van der Waals surface area contributed by atoms with Gasteiger partial charge in [-0.2, -0.15) is 0 Å². The monoisotopic (exact) mass is 401 g/mol. The molecule has 5 heteroatoms. The van der Waals surface area contributed by atoms with Crippen LogP contribution in [-0.4, -0.2) is 47.8 Å². The molecule has 0 bridgehead atoms. The molecule has 1 saturated heterocycles. The first-order valence-electron chi connectivity index (χ1n) is 7.16. The summed E-state index contributed by atoms with van der Waals surface area (Å²) in [6.45, 7) is 15.9. The molecule has 18 heavy (non-hydrogen) atoms. The average molecular weight is 401 g/mol. The molecule has 1 rings (SSSR count). The van der Waals surface area contributed by atoms with Crippen molar-refractivity contribution in [2.45, 2.75) is 58.0 Å². The summed E-state index contributed by atoms with van der Waals surface area (Å²) in [6, 6.07) is 1.34. The Morgan fingerprint density at radius 2 is 1.50 bits per heavy atom. The zero-order valence-corrected chi connectivity index (χ0v) is 17.3. The van der Waals surface area contributed by atoms with Crippen LogP contribution in [0.4, 0.5) is 0 Å². The van der Waals surface area contributed by atoms with E-state index in [1.165, 1.54) is 49.4 Å². The lowest BCUT2D eigenvalue weighted by molar-refractivity contribution is -0.897. The normalized spacial score (nSPS) is 19.7. The lowest BCUT2D eigenvalue weighted by atomic mass is 10.4. The second-order valence-electron chi connectivity index (χ2n) is 7.58. The second-order valence-corrected chi connectivity index (χ2v) is 16.6. The van der Waals surface area contributed by atoms with Gasteiger partial charge in [-0.15, -0.1) is 0 Å². The SMILES string of the molecule is C[N+]1(CCC[Si](C)(C)O[Si](C)(C)C)CCCC1.[I-]. The van der Waals surface area contributed by atoms with Crippen molar-refractivity contribution in [1.29, 1.82) is 0 Å². The number of nitrogens with zero attached hydrogens (tertiary/aromatic N) is 1. The van der Waals surface area contributed by atoms with Crippen LogP contribution >= 0.6 is 0 Å². The molecular formula is C13H32INOSi2. The number of hydrogen-bond acceptors (Lipinski definition) is 1. The van der Waals surface area contributed by atoms with E-state index in [1.54, 1.807) is 0 Å². The summed E-state index contributed by atoms with van der Waals surface area (Å²) >= 11 is 0. The van der Waals surface area contributed by atoms with Crippen LogP contribution in [0.15, 0.2) is 0 Å². The Hall–Kier alpha value is 1.08. The summed E-state index contributed by atoms with van der Waals surface area (Å²) in [7, 11) is -0.297. The third-order valence-electron chi connectivity index (χ3n) is 3.71. The first-order chi connectivity index (χ1) is 7.62. The minimum Gasteiger partial charge on any atom is -1.00 e. The summed E-state index contributed by atoms with van der Waals surface area (Å²) < 4.78 is 7.71. The van der Waals surface area contributed by atoms with E-state index in [9.17, 15) is 0 Å². The number of halogens is 1. The Kier molecular flexibility index (Phi) is 7.63. The number of quaternary nitrogens is 1. The Labute approximate surface area is 133 Å². The second kappa shape index (κ2) is 7.20. The van der Waals surface area contributed by atoms with Gasteiger partial charge < -0.3 is 32.6 Å². The van der Waals surface area contributed by atoms with Gasteiger partial charge >= 0.3 is 0 Å². The molecule has 0 radical (unpaired) electrons. The predicted molar refractivity (Wildman–Crippen MR) is 81.4 cm³/mol. The van der Waals surface area contributed by atoms with Crippen molar-refractivity contribution in [3.05, 3.63) is 0 Å². The molecule has 0 aromatic heterocycles. The van der Waals surface area contributed by atoms with Crippen LogP contribution in [0.2, 0.25) is 38.8 Å². The topological polar surface area (TPSA) is 9.23 Å². The molecule has 0 spiro atoms. The number of hydrogen-bond donors (Lipinski definition) is 0. The van der Waals surface area contributed by atoms with E-state index in [1.807, 2.05) is 0 Å². The van der Waals surface area contributed by atoms with Crippen molar-refractivity contribution in [3.63, 3.8) is 0 Å². The molecule has 0 amide bonds. The molecule has 0 N–H and O–H groups in total. The highest BCUT2D eigenvalue weighted by Crippen LogP contribution is 2.22. The molecular weight excluding hydrogens is 369 g/mol. The molecule has 1 fully saturated rings. The van der Waals surface area contributed by atoms with Crippen LogP contribution < -0.4 is 24.0 Å². The van der Waals surface area contributed by atoms with E-state index in [2.05, 4.69) is 39.8 Å². The molecule has 1 heterocycles. The van der Waals surface area contributed by atoms with Crippen LogP contribution in [0, 0.1) is 0 Å². The van der Waals surface area contributed by atoms with E-state index in [0.717, 1.165) is 0 Å². The van der Waals surface area contributed by atoms with Crippen molar-refractivity contribution in [1.82, 2.24) is 0 Å². The average Bonchev–Trinajstić information content (AvgIpc) is 2.47. The minimum absolute atomic E-state index is 0. The largest absolute Gasteiger partial charge is 1.00 e. The van der Waals surface area contributed by atoms with Gasteiger partial charge in [0, 0.05) is 12.8 Å². The van der Waals surface area contributed by atoms with Crippen molar-refractivity contribution >= 4 is 16.6 Å². The Bertz CT molecular complexity index is 248. The Morgan fingerprint density at radius 3 is 1.94 bits per heavy atom. The van der Waals surface area contributed by atoms with E-state index in [4.69, 9.17) is 4.12 Å². The third-order valence-corrected chi connectivity index (χ3v) is 9.92. The van der Waals surface area contributed by atoms with Gasteiger partial charge in [-0.3, -0.25) is 0 Å². The Balaban J connectivity index is 0.00000289. The summed E-state index contributed by atoms with van der Waals surface area (Å²) in [6.07, 6.45) is 4.23. The molecule has 0 aromatic carbocycles. The molecule has 110 valence electrons. The van der Waals surface area contributed by atoms with Crippen molar-refractivity contribution in [3.8, 4) is 0 Å². The standard InChI is InChI=1S/C13H32NOSi2.HI/c1-14(10-7-8-11-14)12-9-13-17(5,6)15-16(2,3)4;/h7-13H2,1-6H3;1H/q+1;/p-1. The van der Waals surface area contributed by atoms with Crippen LogP contribution in [-0.2, 0) is 4.12 Å². The molecule has 1 aliphatic rings. The maximum Gasteiger partial charge on any atom is 0.173 e. The molecule has 0 aromatic rings. The van der Waals surface area contributed by atoms with Crippen LogP contribution in [0.25, 0.3) is 0 Å². The van der Waals surface area contributed by atoms with Crippen molar-refractivity contribution in [2.24, 2.45) is 0 Å². The van der Waals surface area contributed by atoms with E-state index in [-0.39, 0.29) is 24.0 Å². The van der Waals surface area contributed by atoms with Crippen LogP contribution in [0.5, 0.6) is 0 Å². The van der Waals surface area contributed by atoms with Gasteiger partial charge in [0.15, 0.2) is 16.6 Å². The third kappa shape index (κ3) is 7.62. The van der Waals surface area contributed by atoms with E-state index >= 15 is 0 Å². The first-order valence-corrected chi connectivity index (χ1v) is 13.7. The minimum atomic E-state index is -1.39. The Morgan fingerprint density at radius 1 is 1.00 bits per heavy atom. The lowest BCUT2D eigenvalue weighted by Gasteiger charge is -2.34. The summed E-state index contributed by atoms with van der Waals surface area (Å²) in [5, 5.41) is 0. The molecule has 0 aliphatic carbocycles. The maximum absolute atomic E-state index is 6.39.